The maximum Gasteiger partial charge on any atom is 0.420 e. The fourth-order valence-electron chi connectivity index (χ4n) is 5.26. The van der Waals surface area contributed by atoms with Gasteiger partial charge in [0.15, 0.2) is 0 Å². The summed E-state index contributed by atoms with van der Waals surface area (Å²) in [7, 11) is 0. The first-order chi connectivity index (χ1) is 14.1. The number of rotatable bonds is 5. The van der Waals surface area contributed by atoms with Gasteiger partial charge in [-0.15, -0.1) is 0 Å². The summed E-state index contributed by atoms with van der Waals surface area (Å²) >= 11 is 0. The molecule has 1 fully saturated rings. The molecule has 0 amide bonds. The monoisotopic (exact) mass is 436 g/mol. The summed E-state index contributed by atoms with van der Waals surface area (Å²) in [5.74, 6) is 0.167. The third-order valence-corrected chi connectivity index (χ3v) is 6.61. The predicted octanol–water partition coefficient (Wildman–Crippen LogP) is 7.98. The molecule has 0 spiro atoms. The molecular weight excluding hydrogens is 406 g/mol. The molecule has 0 aromatic heterocycles. The lowest BCUT2D eigenvalue weighted by Crippen LogP contribution is -2.35. The van der Waals surface area contributed by atoms with Gasteiger partial charge in [-0.05, 0) is 55.1 Å². The van der Waals surface area contributed by atoms with Crippen LogP contribution in [0.2, 0.25) is 0 Å². The van der Waals surface area contributed by atoms with E-state index >= 15 is 0 Å². The van der Waals surface area contributed by atoms with Gasteiger partial charge in [0.1, 0.15) is 17.4 Å². The number of alkyl halides is 6. The highest BCUT2D eigenvalue weighted by molar-refractivity contribution is 5.54. The van der Waals surface area contributed by atoms with Gasteiger partial charge in [-0.1, -0.05) is 52.0 Å². The van der Waals surface area contributed by atoms with E-state index in [2.05, 4.69) is 6.92 Å². The van der Waals surface area contributed by atoms with Crippen molar-refractivity contribution in [3.8, 4) is 5.75 Å². The van der Waals surface area contributed by atoms with E-state index in [1.54, 1.807) is 6.92 Å². The van der Waals surface area contributed by atoms with Crippen LogP contribution in [0.3, 0.4) is 0 Å². The molecule has 1 saturated carbocycles. The van der Waals surface area contributed by atoms with E-state index in [1.807, 2.05) is 0 Å². The van der Waals surface area contributed by atoms with Crippen LogP contribution in [0.15, 0.2) is 6.07 Å². The van der Waals surface area contributed by atoms with Gasteiger partial charge in [0.05, 0.1) is 5.56 Å². The number of halogens is 6. The molecular formula is C23H30F6O. The molecule has 1 aliphatic carbocycles. The molecule has 170 valence electrons. The summed E-state index contributed by atoms with van der Waals surface area (Å²) in [6.07, 6.45) is -3.46. The molecule has 1 heterocycles. The zero-order valence-corrected chi connectivity index (χ0v) is 17.6. The molecule has 30 heavy (non-hydrogen) atoms. The molecule has 7 heteroatoms. The Morgan fingerprint density at radius 3 is 2.03 bits per heavy atom. The first kappa shape index (κ1) is 23.3. The molecule has 0 saturated heterocycles. The van der Waals surface area contributed by atoms with Crippen molar-refractivity contribution in [1.29, 1.82) is 0 Å². The predicted molar refractivity (Wildman–Crippen MR) is 104 cm³/mol. The number of hydrogen-bond donors (Lipinski definition) is 0. The van der Waals surface area contributed by atoms with Crippen LogP contribution in [0.1, 0.15) is 87.5 Å². The van der Waals surface area contributed by atoms with Crippen LogP contribution in [-0.2, 0) is 25.2 Å². The lowest BCUT2D eigenvalue weighted by molar-refractivity contribution is -0.164. The van der Waals surface area contributed by atoms with Crippen molar-refractivity contribution in [2.45, 2.75) is 96.5 Å². The molecule has 1 aliphatic heterocycles. The summed E-state index contributed by atoms with van der Waals surface area (Å²) in [6.45, 7) is 3.80. The van der Waals surface area contributed by atoms with E-state index in [1.165, 1.54) is 6.07 Å². The second-order valence-electron chi connectivity index (χ2n) is 8.78. The third kappa shape index (κ3) is 4.91. The van der Waals surface area contributed by atoms with Crippen LogP contribution in [0, 0.1) is 11.8 Å². The highest BCUT2D eigenvalue weighted by atomic mass is 19.4. The molecule has 1 atom stereocenters. The second-order valence-corrected chi connectivity index (χ2v) is 8.78. The number of hydrogen-bond acceptors (Lipinski definition) is 1. The van der Waals surface area contributed by atoms with Gasteiger partial charge >= 0.3 is 12.4 Å². The Morgan fingerprint density at radius 1 is 0.867 bits per heavy atom. The lowest BCUT2D eigenvalue weighted by Gasteiger charge is -2.38. The van der Waals surface area contributed by atoms with E-state index in [-0.39, 0.29) is 23.5 Å². The quantitative estimate of drug-likeness (QED) is 0.425. The van der Waals surface area contributed by atoms with Crippen molar-refractivity contribution >= 4 is 0 Å². The fourth-order valence-corrected chi connectivity index (χ4v) is 5.26. The van der Waals surface area contributed by atoms with Gasteiger partial charge < -0.3 is 4.74 Å². The van der Waals surface area contributed by atoms with Crippen LogP contribution in [-0.4, -0.2) is 6.10 Å². The van der Waals surface area contributed by atoms with Crippen molar-refractivity contribution in [1.82, 2.24) is 0 Å². The first-order valence-corrected chi connectivity index (χ1v) is 11.1. The van der Waals surface area contributed by atoms with E-state index < -0.39 is 35.3 Å². The average Bonchev–Trinajstić information content (AvgIpc) is 2.66. The Balaban J connectivity index is 1.96. The van der Waals surface area contributed by atoms with E-state index in [0.717, 1.165) is 38.5 Å². The van der Waals surface area contributed by atoms with Crippen LogP contribution >= 0.6 is 0 Å². The molecule has 1 aromatic carbocycles. The summed E-state index contributed by atoms with van der Waals surface area (Å²) in [4.78, 5) is 0. The Labute approximate surface area is 174 Å². The van der Waals surface area contributed by atoms with Crippen LogP contribution in [0.25, 0.3) is 0 Å². The van der Waals surface area contributed by atoms with Gasteiger partial charge in [0.25, 0.3) is 0 Å². The Bertz CT molecular complexity index is 729. The standard InChI is InChI=1S/C23H30F6O/c1-3-5-14-7-9-15(10-8-14)18-12-11-17-13-16(6-4-2)19(22(24,25)26)20(21(17)30-18)23(27,28)29/h13-15,18H,3-12H2,1-2H3. The van der Waals surface area contributed by atoms with Gasteiger partial charge in [0.2, 0.25) is 0 Å². The minimum absolute atomic E-state index is 0.0456. The smallest absolute Gasteiger partial charge is 0.420 e. The molecule has 1 unspecified atom stereocenters. The number of ether oxygens (including phenoxy) is 1. The molecule has 1 nitrogen and oxygen atoms in total. The second kappa shape index (κ2) is 8.99. The Hall–Kier alpha value is -1.40. The summed E-state index contributed by atoms with van der Waals surface area (Å²) in [5, 5.41) is 0. The van der Waals surface area contributed by atoms with Crippen molar-refractivity contribution < 1.29 is 31.1 Å². The highest BCUT2D eigenvalue weighted by Gasteiger charge is 2.49. The van der Waals surface area contributed by atoms with Crippen molar-refractivity contribution in [3.63, 3.8) is 0 Å². The number of benzene rings is 1. The average molecular weight is 436 g/mol. The largest absolute Gasteiger partial charge is 0.489 e. The maximum atomic E-state index is 13.9. The Kier molecular flexibility index (Phi) is 6.97. The van der Waals surface area contributed by atoms with Gasteiger partial charge in [-0.3, -0.25) is 0 Å². The van der Waals surface area contributed by atoms with E-state index in [9.17, 15) is 26.3 Å². The fraction of sp³-hybridized carbons (Fsp3) is 0.739. The summed E-state index contributed by atoms with van der Waals surface area (Å²) in [5.41, 5.74) is -3.21. The van der Waals surface area contributed by atoms with Crippen LogP contribution < -0.4 is 4.74 Å². The molecule has 0 N–H and O–H groups in total. The number of fused-ring (bicyclic) bond motifs is 1. The van der Waals surface area contributed by atoms with Crippen LogP contribution in [0.5, 0.6) is 5.75 Å². The number of aryl methyl sites for hydroxylation is 2. The SMILES string of the molecule is CCCc1cc2c(c(C(F)(F)F)c1C(F)(F)F)OC(C1CCC(CCC)CC1)CC2. The van der Waals surface area contributed by atoms with Gasteiger partial charge in [-0.25, -0.2) is 0 Å². The highest BCUT2D eigenvalue weighted by Crippen LogP contribution is 2.51. The minimum Gasteiger partial charge on any atom is -0.489 e. The molecule has 2 aliphatic rings. The van der Waals surface area contributed by atoms with E-state index in [0.29, 0.717) is 25.2 Å². The first-order valence-electron chi connectivity index (χ1n) is 11.1. The zero-order valence-electron chi connectivity index (χ0n) is 17.6. The van der Waals surface area contributed by atoms with Gasteiger partial charge in [-0.2, -0.15) is 26.3 Å². The molecule has 3 rings (SSSR count). The lowest BCUT2D eigenvalue weighted by atomic mass is 9.76. The summed E-state index contributed by atoms with van der Waals surface area (Å²) < 4.78 is 88.7. The topological polar surface area (TPSA) is 9.23 Å². The maximum absolute atomic E-state index is 13.9. The third-order valence-electron chi connectivity index (χ3n) is 6.61. The molecule has 1 aromatic rings. The zero-order chi connectivity index (χ0) is 22.1. The normalized spacial score (nSPS) is 25.0. The molecule has 0 bridgehead atoms. The van der Waals surface area contributed by atoms with E-state index in [4.69, 9.17) is 4.74 Å². The summed E-state index contributed by atoms with van der Waals surface area (Å²) in [6, 6.07) is 1.30. The van der Waals surface area contributed by atoms with Crippen molar-refractivity contribution in [2.24, 2.45) is 11.8 Å². The minimum atomic E-state index is -5.13. The van der Waals surface area contributed by atoms with Crippen molar-refractivity contribution in [3.05, 3.63) is 28.3 Å². The molecule has 0 radical (unpaired) electrons. The van der Waals surface area contributed by atoms with Crippen LogP contribution in [0.4, 0.5) is 26.3 Å². The van der Waals surface area contributed by atoms with Crippen molar-refractivity contribution in [2.75, 3.05) is 0 Å². The Morgan fingerprint density at radius 2 is 1.50 bits per heavy atom. The van der Waals surface area contributed by atoms with Gasteiger partial charge in [0, 0.05) is 0 Å².